The topological polar surface area (TPSA) is 65.2 Å². The summed E-state index contributed by atoms with van der Waals surface area (Å²) < 4.78 is 10.5. The minimum atomic E-state index is -0.289. The van der Waals surface area contributed by atoms with Crippen LogP contribution in [0.5, 0.6) is 0 Å². The molecular formula is C19H18N2O3. The lowest BCUT2D eigenvalue weighted by molar-refractivity contribution is -0.147. The molecule has 0 amide bonds. The van der Waals surface area contributed by atoms with E-state index in [9.17, 15) is 4.79 Å². The van der Waals surface area contributed by atoms with E-state index in [1.54, 1.807) is 0 Å². The van der Waals surface area contributed by atoms with E-state index in [0.717, 1.165) is 11.1 Å². The van der Waals surface area contributed by atoms with E-state index in [4.69, 9.17) is 9.26 Å². The fourth-order valence-corrected chi connectivity index (χ4v) is 2.48. The molecule has 0 aliphatic heterocycles. The van der Waals surface area contributed by atoms with E-state index in [2.05, 4.69) is 10.1 Å². The zero-order valence-corrected chi connectivity index (χ0v) is 13.4. The summed E-state index contributed by atoms with van der Waals surface area (Å²) in [6, 6.07) is 19.1. The van der Waals surface area contributed by atoms with Crippen LogP contribution in [0.2, 0.25) is 0 Å². The Labute approximate surface area is 140 Å². The zero-order valence-electron chi connectivity index (χ0n) is 13.4. The van der Waals surface area contributed by atoms with E-state index < -0.39 is 0 Å². The van der Waals surface area contributed by atoms with Crippen molar-refractivity contribution in [2.45, 2.75) is 25.9 Å². The van der Waals surface area contributed by atoms with Crippen molar-refractivity contribution in [3.63, 3.8) is 0 Å². The van der Waals surface area contributed by atoms with Crippen molar-refractivity contribution in [1.82, 2.24) is 10.1 Å². The first-order chi connectivity index (χ1) is 11.8. The van der Waals surface area contributed by atoms with Crippen LogP contribution in [0, 0.1) is 0 Å². The SMILES string of the molecule is CC[C@H](C(=O)OCc1nc(-c2ccccc2)no1)c1ccccc1. The molecule has 0 N–H and O–H groups in total. The summed E-state index contributed by atoms with van der Waals surface area (Å²) in [4.78, 5) is 16.6. The van der Waals surface area contributed by atoms with Gasteiger partial charge in [0.25, 0.3) is 5.89 Å². The molecule has 3 rings (SSSR count). The molecule has 0 aliphatic carbocycles. The fraction of sp³-hybridized carbons (Fsp3) is 0.211. The van der Waals surface area contributed by atoms with Gasteiger partial charge in [-0.3, -0.25) is 4.79 Å². The van der Waals surface area contributed by atoms with Crippen molar-refractivity contribution in [2.75, 3.05) is 0 Å². The minimum Gasteiger partial charge on any atom is -0.455 e. The predicted octanol–water partition coefficient (Wildman–Crippen LogP) is 3.97. The van der Waals surface area contributed by atoms with Crippen LogP contribution in [0.3, 0.4) is 0 Å². The van der Waals surface area contributed by atoms with Crippen LogP contribution in [0.1, 0.15) is 30.7 Å². The number of rotatable bonds is 6. The van der Waals surface area contributed by atoms with Crippen LogP contribution < -0.4 is 0 Å². The Morgan fingerprint density at radius 2 is 1.75 bits per heavy atom. The quantitative estimate of drug-likeness (QED) is 0.642. The molecule has 24 heavy (non-hydrogen) atoms. The normalized spacial score (nSPS) is 11.9. The van der Waals surface area contributed by atoms with Crippen molar-refractivity contribution in [3.05, 3.63) is 72.1 Å². The van der Waals surface area contributed by atoms with Crippen molar-refractivity contribution < 1.29 is 14.1 Å². The predicted molar refractivity (Wildman–Crippen MR) is 89.0 cm³/mol. The molecule has 122 valence electrons. The van der Waals surface area contributed by atoms with Crippen LogP contribution >= 0.6 is 0 Å². The molecular weight excluding hydrogens is 304 g/mol. The lowest BCUT2D eigenvalue weighted by Gasteiger charge is -2.13. The molecule has 5 nitrogen and oxygen atoms in total. The molecule has 0 aliphatic rings. The molecule has 2 aromatic carbocycles. The van der Waals surface area contributed by atoms with Crippen molar-refractivity contribution in [1.29, 1.82) is 0 Å². The largest absolute Gasteiger partial charge is 0.455 e. The molecule has 3 aromatic rings. The summed E-state index contributed by atoms with van der Waals surface area (Å²) in [6.07, 6.45) is 0.669. The van der Waals surface area contributed by atoms with Gasteiger partial charge in [0.15, 0.2) is 6.61 Å². The highest BCUT2D eigenvalue weighted by Crippen LogP contribution is 2.21. The van der Waals surface area contributed by atoms with Crippen molar-refractivity contribution in [3.8, 4) is 11.4 Å². The molecule has 5 heteroatoms. The molecule has 0 saturated heterocycles. The molecule has 1 heterocycles. The Morgan fingerprint density at radius 3 is 2.42 bits per heavy atom. The first-order valence-corrected chi connectivity index (χ1v) is 7.87. The maximum Gasteiger partial charge on any atom is 0.313 e. The molecule has 0 radical (unpaired) electrons. The van der Waals surface area contributed by atoms with E-state index in [1.165, 1.54) is 0 Å². The average molecular weight is 322 g/mol. The molecule has 0 spiro atoms. The standard InChI is InChI=1S/C19H18N2O3/c1-2-16(14-9-5-3-6-10-14)19(22)23-13-17-20-18(21-24-17)15-11-7-4-8-12-15/h3-12,16H,2,13H2,1H3/t16-/m0/s1. The first kappa shape index (κ1) is 15.9. The molecule has 0 saturated carbocycles. The number of carbonyl (C=O) groups excluding carboxylic acids is 1. The van der Waals surface area contributed by atoms with Gasteiger partial charge in [-0.2, -0.15) is 4.98 Å². The van der Waals surface area contributed by atoms with Gasteiger partial charge in [0.1, 0.15) is 0 Å². The Balaban J connectivity index is 1.63. The maximum atomic E-state index is 12.3. The molecule has 0 fully saturated rings. The van der Waals surface area contributed by atoms with E-state index >= 15 is 0 Å². The van der Waals surface area contributed by atoms with Gasteiger partial charge < -0.3 is 9.26 Å². The van der Waals surface area contributed by atoms with Crippen molar-refractivity contribution in [2.24, 2.45) is 0 Å². The minimum absolute atomic E-state index is 0.0258. The van der Waals surface area contributed by atoms with Crippen LogP contribution in [0.15, 0.2) is 65.2 Å². The van der Waals surface area contributed by atoms with Crippen LogP contribution in [-0.2, 0) is 16.1 Å². The van der Waals surface area contributed by atoms with E-state index in [0.29, 0.717) is 12.2 Å². The summed E-state index contributed by atoms with van der Waals surface area (Å²) in [6.45, 7) is 1.93. The number of carbonyl (C=O) groups is 1. The summed E-state index contributed by atoms with van der Waals surface area (Å²) in [5, 5.41) is 3.91. The summed E-state index contributed by atoms with van der Waals surface area (Å²) in [7, 11) is 0. The van der Waals surface area contributed by atoms with Gasteiger partial charge in [-0.05, 0) is 12.0 Å². The van der Waals surface area contributed by atoms with Crippen molar-refractivity contribution >= 4 is 5.97 Å². The molecule has 1 atom stereocenters. The third kappa shape index (κ3) is 3.68. The van der Waals surface area contributed by atoms with Gasteiger partial charge in [-0.1, -0.05) is 72.7 Å². The Kier molecular flexibility index (Phi) is 5.01. The number of hydrogen-bond acceptors (Lipinski definition) is 5. The van der Waals surface area contributed by atoms with Crippen LogP contribution in [0.4, 0.5) is 0 Å². The van der Waals surface area contributed by atoms with Gasteiger partial charge in [-0.15, -0.1) is 0 Å². The highest BCUT2D eigenvalue weighted by Gasteiger charge is 2.21. The first-order valence-electron chi connectivity index (χ1n) is 7.87. The second-order valence-corrected chi connectivity index (χ2v) is 5.36. The Hall–Kier alpha value is -2.95. The molecule has 0 unspecified atom stereocenters. The molecule has 0 bridgehead atoms. The second kappa shape index (κ2) is 7.55. The van der Waals surface area contributed by atoms with Gasteiger partial charge in [0.05, 0.1) is 5.92 Å². The number of hydrogen-bond donors (Lipinski definition) is 0. The summed E-state index contributed by atoms with van der Waals surface area (Å²) >= 11 is 0. The number of ether oxygens (including phenoxy) is 1. The highest BCUT2D eigenvalue weighted by atomic mass is 16.6. The third-order valence-electron chi connectivity index (χ3n) is 3.73. The highest BCUT2D eigenvalue weighted by molar-refractivity contribution is 5.78. The Bertz CT molecular complexity index is 785. The van der Waals surface area contributed by atoms with Crippen LogP contribution in [-0.4, -0.2) is 16.1 Å². The molecule has 1 aromatic heterocycles. The van der Waals surface area contributed by atoms with Gasteiger partial charge in [0.2, 0.25) is 5.82 Å². The fourth-order valence-electron chi connectivity index (χ4n) is 2.48. The van der Waals surface area contributed by atoms with E-state index in [1.807, 2.05) is 67.6 Å². The Morgan fingerprint density at radius 1 is 1.08 bits per heavy atom. The number of aromatic nitrogens is 2. The maximum absolute atomic E-state index is 12.3. The summed E-state index contributed by atoms with van der Waals surface area (Å²) in [5.74, 6) is 0.188. The van der Waals surface area contributed by atoms with Gasteiger partial charge in [-0.25, -0.2) is 0 Å². The lowest BCUT2D eigenvalue weighted by Crippen LogP contribution is -2.15. The number of benzene rings is 2. The number of esters is 1. The lowest BCUT2D eigenvalue weighted by atomic mass is 9.97. The summed E-state index contributed by atoms with van der Waals surface area (Å²) in [5.41, 5.74) is 1.80. The van der Waals surface area contributed by atoms with Gasteiger partial charge in [0, 0.05) is 5.56 Å². The monoisotopic (exact) mass is 322 g/mol. The second-order valence-electron chi connectivity index (χ2n) is 5.36. The third-order valence-corrected chi connectivity index (χ3v) is 3.73. The van der Waals surface area contributed by atoms with Crippen LogP contribution in [0.25, 0.3) is 11.4 Å². The number of nitrogens with zero attached hydrogens (tertiary/aromatic N) is 2. The zero-order chi connectivity index (χ0) is 16.8. The van der Waals surface area contributed by atoms with Gasteiger partial charge >= 0.3 is 5.97 Å². The smallest absolute Gasteiger partial charge is 0.313 e. The average Bonchev–Trinajstić information content (AvgIpc) is 3.11. The van der Waals surface area contributed by atoms with E-state index in [-0.39, 0.29) is 24.4 Å².